The Morgan fingerprint density at radius 1 is 1.13 bits per heavy atom. The Morgan fingerprint density at radius 2 is 1.90 bits per heavy atom. The maximum absolute atomic E-state index is 12.6. The Morgan fingerprint density at radius 3 is 2.68 bits per heavy atom. The number of rotatable bonds is 6. The number of hydrogen-bond donors (Lipinski definition) is 1. The van der Waals surface area contributed by atoms with Crippen molar-refractivity contribution in [2.75, 3.05) is 19.6 Å². The van der Waals surface area contributed by atoms with Crippen LogP contribution in [0, 0.1) is 0 Å². The second kappa shape index (κ2) is 9.79. The fourth-order valence-electron chi connectivity index (χ4n) is 3.76. The summed E-state index contributed by atoms with van der Waals surface area (Å²) in [7, 11) is 0. The van der Waals surface area contributed by atoms with Gasteiger partial charge in [-0.25, -0.2) is 4.98 Å². The summed E-state index contributed by atoms with van der Waals surface area (Å²) in [5.74, 6) is 1.16. The first-order chi connectivity index (χ1) is 15.1. The zero-order valence-electron chi connectivity index (χ0n) is 17.1. The SMILES string of the molecule is O=C(NCC(=O)N1CCCC(c2ncc(Cc3ccc(Cl)cc3)o2)C1)c1ccccc1. The van der Waals surface area contributed by atoms with Gasteiger partial charge in [0.25, 0.3) is 5.91 Å². The van der Waals surface area contributed by atoms with Gasteiger partial charge >= 0.3 is 0 Å². The van der Waals surface area contributed by atoms with Crippen molar-refractivity contribution < 1.29 is 14.0 Å². The number of aromatic nitrogens is 1. The number of hydrogen-bond acceptors (Lipinski definition) is 4. The van der Waals surface area contributed by atoms with E-state index in [4.69, 9.17) is 16.0 Å². The number of nitrogens with zero attached hydrogens (tertiary/aromatic N) is 2. The molecule has 1 N–H and O–H groups in total. The number of oxazole rings is 1. The summed E-state index contributed by atoms with van der Waals surface area (Å²) >= 11 is 5.94. The number of likely N-dealkylation sites (tertiary alicyclic amines) is 1. The lowest BCUT2D eigenvalue weighted by Crippen LogP contribution is -2.44. The van der Waals surface area contributed by atoms with Gasteiger partial charge in [0, 0.05) is 30.1 Å². The number of carbonyl (C=O) groups excluding carboxylic acids is 2. The van der Waals surface area contributed by atoms with Crippen LogP contribution in [0.5, 0.6) is 0 Å². The van der Waals surface area contributed by atoms with E-state index in [9.17, 15) is 9.59 Å². The number of amides is 2. The van der Waals surface area contributed by atoms with E-state index in [0.29, 0.717) is 36.0 Å². The molecule has 0 bridgehead atoms. The molecule has 1 aromatic heterocycles. The molecule has 0 saturated carbocycles. The first kappa shape index (κ1) is 21.1. The van der Waals surface area contributed by atoms with E-state index in [0.717, 1.165) is 24.2 Å². The van der Waals surface area contributed by atoms with Crippen molar-refractivity contribution in [3.8, 4) is 0 Å². The third-order valence-electron chi connectivity index (χ3n) is 5.42. The second-order valence-corrected chi connectivity index (χ2v) is 8.13. The second-order valence-electron chi connectivity index (χ2n) is 7.70. The monoisotopic (exact) mass is 437 g/mol. The maximum atomic E-state index is 12.6. The lowest BCUT2D eigenvalue weighted by atomic mass is 9.98. The quantitative estimate of drug-likeness (QED) is 0.631. The zero-order valence-corrected chi connectivity index (χ0v) is 17.8. The van der Waals surface area contributed by atoms with Gasteiger partial charge in [0.05, 0.1) is 18.7 Å². The van der Waals surface area contributed by atoms with Crippen LogP contribution in [0.3, 0.4) is 0 Å². The van der Waals surface area contributed by atoms with Gasteiger partial charge in [0.15, 0.2) is 5.89 Å². The molecule has 1 saturated heterocycles. The Balaban J connectivity index is 1.32. The van der Waals surface area contributed by atoms with Gasteiger partial charge in [-0.15, -0.1) is 0 Å². The van der Waals surface area contributed by atoms with Gasteiger partial charge in [-0.2, -0.15) is 0 Å². The summed E-state index contributed by atoms with van der Waals surface area (Å²) in [6.45, 7) is 1.20. The summed E-state index contributed by atoms with van der Waals surface area (Å²) in [4.78, 5) is 31.1. The Bertz CT molecular complexity index is 1030. The van der Waals surface area contributed by atoms with Gasteiger partial charge < -0.3 is 14.6 Å². The highest BCUT2D eigenvalue weighted by atomic mass is 35.5. The standard InChI is InChI=1S/C24H24ClN3O3/c25-20-10-8-17(9-11-20)13-21-14-27-24(31-21)19-7-4-12-28(16-19)22(29)15-26-23(30)18-5-2-1-3-6-18/h1-3,5-6,8-11,14,19H,4,7,12-13,15-16H2,(H,26,30). The molecule has 1 aliphatic rings. The van der Waals surface area contributed by atoms with Crippen LogP contribution in [0.25, 0.3) is 0 Å². The van der Waals surface area contributed by atoms with Crippen molar-refractivity contribution in [3.05, 3.63) is 88.6 Å². The topological polar surface area (TPSA) is 75.4 Å². The van der Waals surface area contributed by atoms with Crippen LogP contribution in [-0.2, 0) is 11.2 Å². The van der Waals surface area contributed by atoms with Gasteiger partial charge in [-0.3, -0.25) is 9.59 Å². The molecule has 0 radical (unpaired) electrons. The number of benzene rings is 2. The molecule has 2 heterocycles. The van der Waals surface area contributed by atoms with E-state index in [2.05, 4.69) is 10.3 Å². The van der Waals surface area contributed by atoms with Crippen molar-refractivity contribution in [2.24, 2.45) is 0 Å². The van der Waals surface area contributed by atoms with Crippen LogP contribution >= 0.6 is 11.6 Å². The molecule has 1 unspecified atom stereocenters. The van der Waals surface area contributed by atoms with Gasteiger partial charge in [-0.05, 0) is 42.7 Å². The van der Waals surface area contributed by atoms with Crippen LogP contribution in [0.1, 0.15) is 46.3 Å². The Kier molecular flexibility index (Phi) is 6.67. The molecule has 31 heavy (non-hydrogen) atoms. The van der Waals surface area contributed by atoms with E-state index in [1.54, 1.807) is 35.4 Å². The summed E-state index contributed by atoms with van der Waals surface area (Å²) < 4.78 is 5.99. The molecule has 1 aliphatic heterocycles. The summed E-state index contributed by atoms with van der Waals surface area (Å²) in [5, 5.41) is 3.41. The first-order valence-corrected chi connectivity index (χ1v) is 10.8. The lowest BCUT2D eigenvalue weighted by Gasteiger charge is -2.31. The predicted molar refractivity (Wildman–Crippen MR) is 118 cm³/mol. The fraction of sp³-hybridized carbons (Fsp3) is 0.292. The van der Waals surface area contributed by atoms with Crippen LogP contribution in [-0.4, -0.2) is 41.3 Å². The van der Waals surface area contributed by atoms with E-state index >= 15 is 0 Å². The predicted octanol–water partition coefficient (Wildman–Crippen LogP) is 4.05. The van der Waals surface area contributed by atoms with Crippen molar-refractivity contribution in [1.29, 1.82) is 0 Å². The van der Waals surface area contributed by atoms with Crippen LogP contribution < -0.4 is 5.32 Å². The van der Waals surface area contributed by atoms with E-state index in [1.165, 1.54) is 0 Å². The normalized spacial score (nSPS) is 16.2. The van der Waals surface area contributed by atoms with E-state index in [-0.39, 0.29) is 24.3 Å². The minimum absolute atomic E-state index is 0.0200. The molecule has 1 atom stereocenters. The minimum Gasteiger partial charge on any atom is -0.445 e. The number of carbonyl (C=O) groups is 2. The largest absolute Gasteiger partial charge is 0.445 e. The Hall–Kier alpha value is -3.12. The number of halogens is 1. The molecule has 6 nitrogen and oxygen atoms in total. The molecular weight excluding hydrogens is 414 g/mol. The van der Waals surface area contributed by atoms with Gasteiger partial charge in [-0.1, -0.05) is 41.9 Å². The number of piperidine rings is 1. The molecule has 0 aliphatic carbocycles. The molecule has 4 rings (SSSR count). The molecule has 2 amide bonds. The van der Waals surface area contributed by atoms with Crippen molar-refractivity contribution in [3.63, 3.8) is 0 Å². The lowest BCUT2D eigenvalue weighted by molar-refractivity contribution is -0.131. The fourth-order valence-corrected chi connectivity index (χ4v) is 3.89. The molecule has 7 heteroatoms. The maximum Gasteiger partial charge on any atom is 0.251 e. The van der Waals surface area contributed by atoms with Crippen LogP contribution in [0.4, 0.5) is 0 Å². The molecule has 160 valence electrons. The molecule has 2 aromatic carbocycles. The van der Waals surface area contributed by atoms with Crippen LogP contribution in [0.15, 0.2) is 65.2 Å². The molecule has 3 aromatic rings. The first-order valence-electron chi connectivity index (χ1n) is 10.4. The summed E-state index contributed by atoms with van der Waals surface area (Å²) in [6.07, 6.45) is 4.19. The smallest absolute Gasteiger partial charge is 0.251 e. The number of nitrogens with one attached hydrogen (secondary N) is 1. The van der Waals surface area contributed by atoms with Crippen LogP contribution in [0.2, 0.25) is 5.02 Å². The van der Waals surface area contributed by atoms with E-state index in [1.807, 2.05) is 30.3 Å². The van der Waals surface area contributed by atoms with Gasteiger partial charge in [0.2, 0.25) is 5.91 Å². The summed E-state index contributed by atoms with van der Waals surface area (Å²) in [5.41, 5.74) is 1.64. The highest BCUT2D eigenvalue weighted by Gasteiger charge is 2.28. The van der Waals surface area contributed by atoms with Gasteiger partial charge in [0.1, 0.15) is 5.76 Å². The highest BCUT2D eigenvalue weighted by molar-refractivity contribution is 6.30. The third-order valence-corrected chi connectivity index (χ3v) is 5.67. The molecular formula is C24H24ClN3O3. The van der Waals surface area contributed by atoms with E-state index < -0.39 is 0 Å². The highest BCUT2D eigenvalue weighted by Crippen LogP contribution is 2.27. The molecule has 0 spiro atoms. The average molecular weight is 438 g/mol. The zero-order chi connectivity index (χ0) is 21.6. The third kappa shape index (κ3) is 5.52. The van der Waals surface area contributed by atoms with Crippen molar-refractivity contribution in [2.45, 2.75) is 25.2 Å². The minimum atomic E-state index is -0.248. The summed E-state index contributed by atoms with van der Waals surface area (Å²) in [6, 6.07) is 16.5. The van der Waals surface area contributed by atoms with Crippen molar-refractivity contribution in [1.82, 2.24) is 15.2 Å². The average Bonchev–Trinajstić information content (AvgIpc) is 3.28. The van der Waals surface area contributed by atoms with Crippen molar-refractivity contribution >= 4 is 23.4 Å². The molecule has 1 fully saturated rings. The Labute approximate surface area is 186 Å².